The van der Waals surface area contributed by atoms with Crippen LogP contribution in [0.2, 0.25) is 0 Å². The molecular formula is C15H24FN7O. The fraction of sp³-hybridized carbons (Fsp3) is 0.667. The molecule has 0 aromatic carbocycles. The largest absolute Gasteiger partial charge is 0.391 e. The Balaban J connectivity index is 1.94. The molecule has 0 spiro atoms. The molecule has 3 heterocycles. The standard InChI is InChI=1S/C15H24FN7O/c1-4-10(8(2)24)20-15-21-13(19-11-6-17-5-9(11)16)12-14(22-15)23(3)7-18-12/h7-11,17,24H,4-6H2,1-3H3,(H2,19,20,21,22)/t8-,9-,10+,11-/m1/s1. The van der Waals surface area contributed by atoms with E-state index in [-0.39, 0.29) is 12.1 Å². The molecule has 2 aromatic heterocycles. The Morgan fingerprint density at radius 3 is 2.88 bits per heavy atom. The van der Waals surface area contributed by atoms with E-state index in [9.17, 15) is 9.50 Å². The fourth-order valence-electron chi connectivity index (χ4n) is 2.87. The summed E-state index contributed by atoms with van der Waals surface area (Å²) in [4.78, 5) is 13.3. The maximum Gasteiger partial charge on any atom is 0.227 e. The molecule has 2 aromatic rings. The number of nitrogens with one attached hydrogen (secondary N) is 3. The molecule has 0 bridgehead atoms. The van der Waals surface area contributed by atoms with Crippen LogP contribution in [-0.2, 0) is 7.05 Å². The van der Waals surface area contributed by atoms with Crippen molar-refractivity contribution in [2.45, 2.75) is 44.6 Å². The van der Waals surface area contributed by atoms with E-state index in [4.69, 9.17) is 0 Å². The zero-order chi connectivity index (χ0) is 17.3. The predicted molar refractivity (Wildman–Crippen MR) is 90.9 cm³/mol. The molecule has 1 aliphatic heterocycles. The third-order valence-corrected chi connectivity index (χ3v) is 4.36. The minimum absolute atomic E-state index is 0.161. The Bertz CT molecular complexity index is 704. The van der Waals surface area contributed by atoms with Crippen molar-refractivity contribution in [3.8, 4) is 0 Å². The number of aryl methyl sites for hydroxylation is 1. The average Bonchev–Trinajstić information content (AvgIpc) is 3.12. The first-order valence-corrected chi connectivity index (χ1v) is 8.24. The number of aromatic nitrogens is 4. The number of aliphatic hydroxyl groups is 1. The summed E-state index contributed by atoms with van der Waals surface area (Å²) in [6.07, 6.45) is 0.870. The molecule has 1 saturated heterocycles. The van der Waals surface area contributed by atoms with Gasteiger partial charge in [-0.15, -0.1) is 0 Å². The third kappa shape index (κ3) is 3.27. The van der Waals surface area contributed by atoms with Crippen LogP contribution in [0.1, 0.15) is 20.3 Å². The van der Waals surface area contributed by atoms with Crippen LogP contribution in [0.3, 0.4) is 0 Å². The highest BCUT2D eigenvalue weighted by Crippen LogP contribution is 2.23. The average molecular weight is 337 g/mol. The minimum Gasteiger partial charge on any atom is -0.391 e. The van der Waals surface area contributed by atoms with Crippen LogP contribution in [0.25, 0.3) is 11.2 Å². The van der Waals surface area contributed by atoms with Crippen molar-refractivity contribution >= 4 is 22.9 Å². The number of alkyl halides is 1. The molecule has 1 aliphatic rings. The molecule has 9 heteroatoms. The van der Waals surface area contributed by atoms with Gasteiger partial charge in [0.2, 0.25) is 5.95 Å². The highest BCUT2D eigenvalue weighted by atomic mass is 19.1. The summed E-state index contributed by atoms with van der Waals surface area (Å²) in [6.45, 7) is 4.57. The molecule has 0 amide bonds. The van der Waals surface area contributed by atoms with Crippen LogP contribution >= 0.6 is 0 Å². The Kier molecular flexibility index (Phi) is 4.81. The van der Waals surface area contributed by atoms with E-state index in [1.54, 1.807) is 17.8 Å². The van der Waals surface area contributed by atoms with Gasteiger partial charge in [0.25, 0.3) is 0 Å². The Morgan fingerprint density at radius 1 is 1.46 bits per heavy atom. The van der Waals surface area contributed by atoms with Gasteiger partial charge in [0.1, 0.15) is 6.17 Å². The smallest absolute Gasteiger partial charge is 0.227 e. The minimum atomic E-state index is -0.976. The number of nitrogens with zero attached hydrogens (tertiary/aromatic N) is 4. The zero-order valence-electron chi connectivity index (χ0n) is 14.1. The number of anilines is 2. The van der Waals surface area contributed by atoms with Crippen molar-refractivity contribution in [1.29, 1.82) is 0 Å². The topological polar surface area (TPSA) is 99.9 Å². The van der Waals surface area contributed by atoms with Gasteiger partial charge >= 0.3 is 0 Å². The third-order valence-electron chi connectivity index (χ3n) is 4.36. The van der Waals surface area contributed by atoms with Crippen LogP contribution in [-0.4, -0.2) is 62.1 Å². The Labute approximate surface area is 139 Å². The van der Waals surface area contributed by atoms with E-state index in [2.05, 4.69) is 30.9 Å². The second-order valence-electron chi connectivity index (χ2n) is 6.25. The van der Waals surface area contributed by atoms with Crippen LogP contribution in [0.5, 0.6) is 0 Å². The van der Waals surface area contributed by atoms with E-state index >= 15 is 0 Å². The summed E-state index contributed by atoms with van der Waals surface area (Å²) in [5, 5.41) is 19.1. The molecule has 0 radical (unpaired) electrons. The van der Waals surface area contributed by atoms with Gasteiger partial charge in [-0.3, -0.25) is 0 Å². The van der Waals surface area contributed by atoms with Crippen LogP contribution in [0, 0.1) is 0 Å². The number of hydrogen-bond donors (Lipinski definition) is 4. The van der Waals surface area contributed by atoms with Crippen molar-refractivity contribution in [2.24, 2.45) is 7.05 Å². The molecular weight excluding hydrogens is 313 g/mol. The van der Waals surface area contributed by atoms with Crippen LogP contribution in [0.15, 0.2) is 6.33 Å². The summed E-state index contributed by atoms with van der Waals surface area (Å²) < 4.78 is 15.7. The fourth-order valence-corrected chi connectivity index (χ4v) is 2.87. The number of imidazole rings is 1. The molecule has 24 heavy (non-hydrogen) atoms. The first-order chi connectivity index (χ1) is 11.5. The zero-order valence-corrected chi connectivity index (χ0v) is 14.1. The monoisotopic (exact) mass is 337 g/mol. The number of halogens is 1. The molecule has 0 saturated carbocycles. The Hall–Kier alpha value is -2.00. The lowest BCUT2D eigenvalue weighted by atomic mass is 10.1. The van der Waals surface area contributed by atoms with Crippen LogP contribution < -0.4 is 16.0 Å². The van der Waals surface area contributed by atoms with Crippen molar-refractivity contribution in [1.82, 2.24) is 24.8 Å². The Morgan fingerprint density at radius 2 is 2.25 bits per heavy atom. The molecule has 0 unspecified atom stereocenters. The van der Waals surface area contributed by atoms with Crippen molar-refractivity contribution in [2.75, 3.05) is 23.7 Å². The van der Waals surface area contributed by atoms with Gasteiger partial charge in [-0.05, 0) is 13.3 Å². The number of fused-ring (bicyclic) bond motifs is 1. The number of rotatable bonds is 6. The van der Waals surface area contributed by atoms with Crippen molar-refractivity contribution < 1.29 is 9.50 Å². The van der Waals surface area contributed by atoms with Crippen LogP contribution in [0.4, 0.5) is 16.2 Å². The summed E-state index contributed by atoms with van der Waals surface area (Å²) in [5.74, 6) is 0.891. The van der Waals surface area contributed by atoms with Gasteiger partial charge in [-0.2, -0.15) is 9.97 Å². The van der Waals surface area contributed by atoms with Crippen molar-refractivity contribution in [3.05, 3.63) is 6.33 Å². The maximum atomic E-state index is 13.9. The van der Waals surface area contributed by atoms with E-state index in [1.165, 1.54) is 0 Å². The van der Waals surface area contributed by atoms with E-state index in [0.717, 1.165) is 6.42 Å². The molecule has 8 nitrogen and oxygen atoms in total. The van der Waals surface area contributed by atoms with E-state index in [0.29, 0.717) is 36.0 Å². The molecule has 3 rings (SSSR count). The van der Waals surface area contributed by atoms with Gasteiger partial charge in [-0.1, -0.05) is 6.92 Å². The van der Waals surface area contributed by atoms with Gasteiger partial charge in [0.05, 0.1) is 24.5 Å². The van der Waals surface area contributed by atoms with Gasteiger partial charge in [0.15, 0.2) is 17.0 Å². The summed E-state index contributed by atoms with van der Waals surface area (Å²) in [6, 6.07) is -0.512. The second kappa shape index (κ2) is 6.86. The SMILES string of the molecule is CC[C@H](Nc1nc(N[C@@H]2CNC[C@H]2F)c2ncn(C)c2n1)[C@@H](C)O. The first kappa shape index (κ1) is 16.8. The van der Waals surface area contributed by atoms with Gasteiger partial charge in [0, 0.05) is 20.1 Å². The normalized spacial score (nSPS) is 23.4. The van der Waals surface area contributed by atoms with E-state index < -0.39 is 12.3 Å². The van der Waals surface area contributed by atoms with Gasteiger partial charge < -0.3 is 25.6 Å². The maximum absolute atomic E-state index is 13.9. The van der Waals surface area contributed by atoms with E-state index in [1.807, 2.05) is 14.0 Å². The highest BCUT2D eigenvalue weighted by Gasteiger charge is 2.28. The lowest BCUT2D eigenvalue weighted by Crippen LogP contribution is -2.32. The van der Waals surface area contributed by atoms with Crippen molar-refractivity contribution in [3.63, 3.8) is 0 Å². The van der Waals surface area contributed by atoms with Gasteiger partial charge in [-0.25, -0.2) is 9.37 Å². The summed E-state index contributed by atoms with van der Waals surface area (Å²) >= 11 is 0. The summed E-state index contributed by atoms with van der Waals surface area (Å²) in [5.41, 5.74) is 1.25. The molecule has 132 valence electrons. The predicted octanol–water partition coefficient (Wildman–Crippen LogP) is 0.656. The highest BCUT2D eigenvalue weighted by molar-refractivity contribution is 5.84. The molecule has 1 fully saturated rings. The lowest BCUT2D eigenvalue weighted by molar-refractivity contribution is 0.169. The lowest BCUT2D eigenvalue weighted by Gasteiger charge is -2.21. The quantitative estimate of drug-likeness (QED) is 0.614. The summed E-state index contributed by atoms with van der Waals surface area (Å²) in [7, 11) is 1.84. The number of aliphatic hydroxyl groups excluding tert-OH is 1. The molecule has 0 aliphatic carbocycles. The number of hydrogen-bond acceptors (Lipinski definition) is 7. The first-order valence-electron chi connectivity index (χ1n) is 8.24. The second-order valence-corrected chi connectivity index (χ2v) is 6.25. The molecule has 4 atom stereocenters. The molecule has 4 N–H and O–H groups in total.